The van der Waals surface area contributed by atoms with Gasteiger partial charge in [-0.1, -0.05) is 32.4 Å². The molecule has 0 aromatic heterocycles. The van der Waals surface area contributed by atoms with Crippen molar-refractivity contribution in [2.75, 3.05) is 19.4 Å². The molecule has 0 radical (unpaired) electrons. The molecule has 1 aromatic rings. The third kappa shape index (κ3) is 5.50. The first-order valence-electron chi connectivity index (χ1n) is 9.74. The van der Waals surface area contributed by atoms with Crippen molar-refractivity contribution < 1.29 is 19.4 Å². The van der Waals surface area contributed by atoms with E-state index in [4.69, 9.17) is 4.74 Å². The van der Waals surface area contributed by atoms with Crippen LogP contribution in [0.1, 0.15) is 38.7 Å². The van der Waals surface area contributed by atoms with Gasteiger partial charge in [0.2, 0.25) is 5.91 Å². The summed E-state index contributed by atoms with van der Waals surface area (Å²) < 4.78 is 5.21. The van der Waals surface area contributed by atoms with Gasteiger partial charge in [0.1, 0.15) is 11.8 Å². The Hall–Kier alpha value is -2.02. The number of carboxylic acid groups (broad SMARTS) is 1. The molecule has 3 unspecified atom stereocenters. The van der Waals surface area contributed by atoms with E-state index in [0.29, 0.717) is 31.6 Å². The van der Waals surface area contributed by atoms with Crippen LogP contribution in [0.4, 0.5) is 0 Å². The van der Waals surface area contributed by atoms with Crippen LogP contribution in [-0.4, -0.2) is 59.1 Å². The molecule has 1 aromatic carbocycles. The molecule has 7 heteroatoms. The Kier molecular flexibility index (Phi) is 8.35. The number of likely N-dealkylation sites (tertiary alicyclic amines) is 1. The van der Waals surface area contributed by atoms with Gasteiger partial charge in [-0.2, -0.15) is 12.6 Å². The number of aliphatic imine (C=N–C) groups is 1. The number of rotatable bonds is 9. The van der Waals surface area contributed by atoms with Gasteiger partial charge in [-0.3, -0.25) is 9.79 Å². The number of methoxy groups -OCH3 is 1. The maximum Gasteiger partial charge on any atom is 0.328 e. The summed E-state index contributed by atoms with van der Waals surface area (Å²) in [7, 11) is 1.62. The number of nitrogens with zero attached hydrogens (tertiary/aromatic N) is 2. The Balaban J connectivity index is 2.32. The van der Waals surface area contributed by atoms with E-state index < -0.39 is 12.0 Å². The van der Waals surface area contributed by atoms with E-state index in [9.17, 15) is 14.7 Å². The Labute approximate surface area is 172 Å². The summed E-state index contributed by atoms with van der Waals surface area (Å²) in [6, 6.07) is 6.75. The van der Waals surface area contributed by atoms with Crippen LogP contribution < -0.4 is 4.74 Å². The van der Waals surface area contributed by atoms with Crippen LogP contribution in [0.15, 0.2) is 29.3 Å². The summed E-state index contributed by atoms with van der Waals surface area (Å²) >= 11 is 4.26. The average Bonchev–Trinajstić information content (AvgIpc) is 3.09. The lowest BCUT2D eigenvalue weighted by molar-refractivity contribution is -0.138. The molecule has 0 bridgehead atoms. The number of benzene rings is 1. The molecule has 28 heavy (non-hydrogen) atoms. The minimum absolute atomic E-state index is 0.0427. The molecular formula is C21H30N2O4S. The summed E-state index contributed by atoms with van der Waals surface area (Å²) in [5, 5.41) is 9.49. The summed E-state index contributed by atoms with van der Waals surface area (Å²) in [5.41, 5.74) is 1.86. The zero-order valence-electron chi connectivity index (χ0n) is 16.8. The number of ether oxygens (including phenoxy) is 1. The molecule has 154 valence electrons. The van der Waals surface area contributed by atoms with E-state index in [1.807, 2.05) is 43.0 Å². The highest BCUT2D eigenvalue weighted by Gasteiger charge is 2.36. The molecule has 0 saturated carbocycles. The number of carbonyl (C=O) groups excluding carboxylic acids is 1. The van der Waals surface area contributed by atoms with Crippen LogP contribution in [0.2, 0.25) is 0 Å². The molecular weight excluding hydrogens is 376 g/mol. The Morgan fingerprint density at radius 1 is 1.36 bits per heavy atom. The van der Waals surface area contributed by atoms with Gasteiger partial charge in [0.15, 0.2) is 0 Å². The first-order valence-corrected chi connectivity index (χ1v) is 10.4. The summed E-state index contributed by atoms with van der Waals surface area (Å²) in [4.78, 5) is 30.8. The predicted molar refractivity (Wildman–Crippen MR) is 114 cm³/mol. The second-order valence-electron chi connectivity index (χ2n) is 7.20. The lowest BCUT2D eigenvalue weighted by atomic mass is 10.0. The Bertz CT molecular complexity index is 705. The van der Waals surface area contributed by atoms with Gasteiger partial charge >= 0.3 is 5.97 Å². The molecule has 3 atom stereocenters. The smallest absolute Gasteiger partial charge is 0.328 e. The maximum absolute atomic E-state index is 12.9. The quantitative estimate of drug-likeness (QED) is 0.618. The fourth-order valence-electron chi connectivity index (χ4n) is 3.44. The third-order valence-electron chi connectivity index (χ3n) is 5.11. The molecule has 1 aliphatic rings. The standard InChI is InChI=1S/C21H30N2O4S/c1-4-5-18(21(25)26)22-17-10-11-23(20(24)14(2)13-28)19(17)12-15-6-8-16(27-3)9-7-15/h6-9,14,18-19,28H,4-5,10-13H2,1-3H3,(H,25,26). The fraction of sp³-hybridized carbons (Fsp3) is 0.571. The number of carboxylic acids is 1. The fourth-order valence-corrected chi connectivity index (χ4v) is 3.60. The van der Waals surface area contributed by atoms with Gasteiger partial charge < -0.3 is 14.7 Å². The molecule has 1 fully saturated rings. The van der Waals surface area contributed by atoms with Gasteiger partial charge in [-0.05, 0) is 30.5 Å². The van der Waals surface area contributed by atoms with Crippen LogP contribution >= 0.6 is 12.6 Å². The van der Waals surface area contributed by atoms with E-state index in [1.165, 1.54) is 0 Å². The molecule has 2 rings (SSSR count). The molecule has 1 amide bonds. The van der Waals surface area contributed by atoms with Crippen molar-refractivity contribution in [2.45, 2.75) is 51.6 Å². The lowest BCUT2D eigenvalue weighted by Gasteiger charge is -2.27. The molecule has 1 heterocycles. The van der Waals surface area contributed by atoms with E-state index in [2.05, 4.69) is 17.6 Å². The van der Waals surface area contributed by atoms with Crippen molar-refractivity contribution in [1.29, 1.82) is 0 Å². The van der Waals surface area contributed by atoms with Crippen LogP contribution in [0.25, 0.3) is 0 Å². The molecule has 0 aliphatic carbocycles. The minimum Gasteiger partial charge on any atom is -0.497 e. The van der Waals surface area contributed by atoms with Gasteiger partial charge in [-0.25, -0.2) is 4.79 Å². The van der Waals surface area contributed by atoms with Crippen molar-refractivity contribution >= 4 is 30.2 Å². The lowest BCUT2D eigenvalue weighted by Crippen LogP contribution is -2.43. The normalized spacial score (nSPS) is 20.2. The third-order valence-corrected chi connectivity index (χ3v) is 5.65. The van der Waals surface area contributed by atoms with Crippen molar-refractivity contribution in [3.8, 4) is 5.75 Å². The van der Waals surface area contributed by atoms with E-state index in [0.717, 1.165) is 23.4 Å². The first-order chi connectivity index (χ1) is 13.4. The highest BCUT2D eigenvalue weighted by Crippen LogP contribution is 2.24. The SMILES string of the molecule is CCCC(N=C1CCN(C(=O)C(C)CS)C1Cc1ccc(OC)cc1)C(=O)O. The number of amides is 1. The van der Waals surface area contributed by atoms with Crippen LogP contribution in [0, 0.1) is 5.92 Å². The number of thiol groups is 1. The Morgan fingerprint density at radius 3 is 2.57 bits per heavy atom. The number of hydrogen-bond donors (Lipinski definition) is 2. The molecule has 1 N–H and O–H groups in total. The Morgan fingerprint density at radius 2 is 2.04 bits per heavy atom. The first kappa shape index (κ1) is 22.3. The van der Waals surface area contributed by atoms with Gasteiger partial charge in [0.25, 0.3) is 0 Å². The van der Waals surface area contributed by atoms with Crippen LogP contribution in [-0.2, 0) is 16.0 Å². The summed E-state index contributed by atoms with van der Waals surface area (Å²) in [6.07, 6.45) is 2.46. The second kappa shape index (κ2) is 10.5. The molecule has 1 saturated heterocycles. The number of carbonyl (C=O) groups is 2. The van der Waals surface area contributed by atoms with E-state index in [-0.39, 0.29) is 17.9 Å². The van der Waals surface area contributed by atoms with Gasteiger partial charge in [0, 0.05) is 30.3 Å². The van der Waals surface area contributed by atoms with Crippen LogP contribution in [0.5, 0.6) is 5.75 Å². The zero-order valence-corrected chi connectivity index (χ0v) is 17.7. The highest BCUT2D eigenvalue weighted by atomic mass is 32.1. The molecule has 0 spiro atoms. The average molecular weight is 407 g/mol. The molecule has 1 aliphatic heterocycles. The van der Waals surface area contributed by atoms with Crippen molar-refractivity contribution in [3.05, 3.63) is 29.8 Å². The second-order valence-corrected chi connectivity index (χ2v) is 7.56. The zero-order chi connectivity index (χ0) is 20.7. The van der Waals surface area contributed by atoms with E-state index >= 15 is 0 Å². The predicted octanol–water partition coefficient (Wildman–Crippen LogP) is 3.10. The van der Waals surface area contributed by atoms with Gasteiger partial charge in [-0.15, -0.1) is 0 Å². The highest BCUT2D eigenvalue weighted by molar-refractivity contribution is 7.80. The van der Waals surface area contributed by atoms with Crippen molar-refractivity contribution in [1.82, 2.24) is 4.90 Å². The monoisotopic (exact) mass is 406 g/mol. The van der Waals surface area contributed by atoms with Crippen molar-refractivity contribution in [2.24, 2.45) is 10.9 Å². The van der Waals surface area contributed by atoms with Gasteiger partial charge in [0.05, 0.1) is 13.2 Å². The minimum atomic E-state index is -0.911. The maximum atomic E-state index is 12.9. The number of aliphatic carboxylic acids is 1. The summed E-state index contributed by atoms with van der Waals surface area (Å²) in [5.74, 6) is 0.193. The number of hydrogen-bond acceptors (Lipinski definition) is 5. The van der Waals surface area contributed by atoms with E-state index in [1.54, 1.807) is 7.11 Å². The largest absolute Gasteiger partial charge is 0.497 e. The van der Waals surface area contributed by atoms with Crippen LogP contribution in [0.3, 0.4) is 0 Å². The topological polar surface area (TPSA) is 79.2 Å². The molecule has 6 nitrogen and oxygen atoms in total. The summed E-state index contributed by atoms with van der Waals surface area (Å²) in [6.45, 7) is 4.38. The van der Waals surface area contributed by atoms with Crippen molar-refractivity contribution in [3.63, 3.8) is 0 Å².